The van der Waals surface area contributed by atoms with Gasteiger partial charge in [0.25, 0.3) is 5.56 Å². The molecule has 0 aliphatic heterocycles. The van der Waals surface area contributed by atoms with Gasteiger partial charge in [-0.1, -0.05) is 6.07 Å². The van der Waals surface area contributed by atoms with Crippen LogP contribution >= 0.6 is 28.1 Å². The number of nitrogens with zero attached hydrogens (tertiary/aromatic N) is 1. The largest absolute Gasteiger partial charge is 0.299 e. The van der Waals surface area contributed by atoms with E-state index in [0.717, 1.165) is 15.7 Å². The minimum absolute atomic E-state index is 0.190. The van der Waals surface area contributed by atoms with E-state index in [4.69, 9.17) is 12.2 Å². The van der Waals surface area contributed by atoms with E-state index in [0.29, 0.717) is 4.77 Å². The average molecular weight is 297 g/mol. The molecule has 0 unspecified atom stereocenters. The molecule has 0 amide bonds. The summed E-state index contributed by atoms with van der Waals surface area (Å²) in [5.41, 5.74) is 1.86. The minimum Gasteiger partial charge on any atom is -0.299 e. The molecule has 0 radical (unpaired) electrons. The number of aromatic amines is 1. The van der Waals surface area contributed by atoms with Gasteiger partial charge in [-0.3, -0.25) is 14.3 Å². The third-order valence-corrected chi connectivity index (χ3v) is 3.15. The number of H-pyrrole nitrogens is 1. The van der Waals surface area contributed by atoms with Crippen molar-refractivity contribution in [3.63, 3.8) is 0 Å². The number of hydrogen-bond acceptors (Lipinski definition) is 2. The van der Waals surface area contributed by atoms with Crippen LogP contribution in [0.3, 0.4) is 0 Å². The van der Waals surface area contributed by atoms with Gasteiger partial charge in [0, 0.05) is 16.7 Å². The zero-order valence-corrected chi connectivity index (χ0v) is 10.9. The van der Waals surface area contributed by atoms with Gasteiger partial charge in [-0.25, -0.2) is 0 Å². The first-order chi connectivity index (χ1) is 7.58. The van der Waals surface area contributed by atoms with Gasteiger partial charge in [0.05, 0.1) is 5.69 Å². The highest BCUT2D eigenvalue weighted by Gasteiger charge is 2.03. The lowest BCUT2D eigenvalue weighted by atomic mass is 10.2. The fourth-order valence-corrected chi connectivity index (χ4v) is 2.11. The summed E-state index contributed by atoms with van der Waals surface area (Å²) in [6.07, 6.45) is 1.67. The molecule has 1 N–H and O–H groups in total. The summed E-state index contributed by atoms with van der Waals surface area (Å²) in [7, 11) is 0. The summed E-state index contributed by atoms with van der Waals surface area (Å²) in [6.45, 7) is 2.01. The van der Waals surface area contributed by atoms with Crippen LogP contribution < -0.4 is 5.56 Å². The number of nitrogens with one attached hydrogen (secondary N) is 1. The van der Waals surface area contributed by atoms with Gasteiger partial charge >= 0.3 is 0 Å². The molecule has 2 rings (SSSR count). The standard InChI is InChI=1S/C11H9BrN2OS/c1-7-2-3-8(12)9(6-7)14-5-4-10(15)13-11(14)16/h2-6H,1H3,(H,13,15,16). The molecule has 82 valence electrons. The molecule has 0 aliphatic carbocycles. The molecule has 0 bridgehead atoms. The van der Waals surface area contributed by atoms with E-state index in [-0.39, 0.29) is 5.56 Å². The van der Waals surface area contributed by atoms with E-state index in [1.807, 2.05) is 25.1 Å². The Labute approximate surface area is 106 Å². The highest BCUT2D eigenvalue weighted by atomic mass is 79.9. The topological polar surface area (TPSA) is 37.8 Å². The highest BCUT2D eigenvalue weighted by Crippen LogP contribution is 2.21. The van der Waals surface area contributed by atoms with Crippen LogP contribution in [-0.2, 0) is 0 Å². The summed E-state index contributed by atoms with van der Waals surface area (Å²) < 4.78 is 3.08. The normalized spacial score (nSPS) is 10.4. The molecule has 0 aliphatic rings. The second-order valence-corrected chi connectivity index (χ2v) is 4.68. The molecule has 5 heteroatoms. The van der Waals surface area contributed by atoms with Crippen LogP contribution in [0.5, 0.6) is 0 Å². The quantitative estimate of drug-likeness (QED) is 0.822. The van der Waals surface area contributed by atoms with Crippen LogP contribution in [0.1, 0.15) is 5.56 Å². The van der Waals surface area contributed by atoms with Crippen molar-refractivity contribution in [1.82, 2.24) is 9.55 Å². The molecule has 0 atom stereocenters. The number of hydrogen-bond donors (Lipinski definition) is 1. The Balaban J connectivity index is 2.72. The number of aromatic nitrogens is 2. The van der Waals surface area contributed by atoms with Crippen molar-refractivity contribution in [2.75, 3.05) is 0 Å². The zero-order chi connectivity index (χ0) is 11.7. The van der Waals surface area contributed by atoms with Gasteiger partial charge in [0.1, 0.15) is 0 Å². The summed E-state index contributed by atoms with van der Waals surface area (Å²) in [6, 6.07) is 7.41. The average Bonchev–Trinajstić information content (AvgIpc) is 2.22. The number of aryl methyl sites for hydroxylation is 1. The SMILES string of the molecule is Cc1ccc(Br)c(-n2ccc(=O)[nH]c2=S)c1. The molecule has 0 fully saturated rings. The molecular weight excluding hydrogens is 288 g/mol. The third-order valence-electron chi connectivity index (χ3n) is 2.19. The summed E-state index contributed by atoms with van der Waals surface area (Å²) in [5.74, 6) is 0. The Morgan fingerprint density at radius 3 is 2.81 bits per heavy atom. The van der Waals surface area contributed by atoms with Gasteiger partial charge in [0.2, 0.25) is 0 Å². The predicted octanol–water partition coefficient (Wildman–Crippen LogP) is 2.97. The molecule has 0 saturated carbocycles. The van der Waals surface area contributed by atoms with Crippen molar-refractivity contribution in [1.29, 1.82) is 0 Å². The zero-order valence-electron chi connectivity index (χ0n) is 8.53. The molecular formula is C11H9BrN2OS. The lowest BCUT2D eigenvalue weighted by Gasteiger charge is -2.09. The maximum absolute atomic E-state index is 11.1. The first-order valence-corrected chi connectivity index (χ1v) is 5.86. The minimum atomic E-state index is -0.190. The van der Waals surface area contributed by atoms with E-state index in [1.54, 1.807) is 10.8 Å². The first kappa shape index (κ1) is 11.3. The summed E-state index contributed by atoms with van der Waals surface area (Å²) in [5, 5.41) is 0. The highest BCUT2D eigenvalue weighted by molar-refractivity contribution is 9.10. The molecule has 3 nitrogen and oxygen atoms in total. The van der Waals surface area contributed by atoms with Gasteiger partial charge in [-0.05, 0) is 52.8 Å². The van der Waals surface area contributed by atoms with Crippen LogP contribution in [0, 0.1) is 11.7 Å². The smallest absolute Gasteiger partial charge is 0.251 e. The van der Waals surface area contributed by atoms with Crippen LogP contribution in [-0.4, -0.2) is 9.55 Å². The molecule has 0 saturated heterocycles. The van der Waals surface area contributed by atoms with Crippen LogP contribution in [0.25, 0.3) is 5.69 Å². The Morgan fingerprint density at radius 2 is 2.12 bits per heavy atom. The summed E-state index contributed by atoms with van der Waals surface area (Å²) >= 11 is 8.57. The maximum atomic E-state index is 11.1. The Bertz CT molecular complexity index is 645. The monoisotopic (exact) mass is 296 g/mol. The predicted molar refractivity (Wildman–Crippen MR) is 69.7 cm³/mol. The number of halogens is 1. The number of rotatable bonds is 1. The Morgan fingerprint density at radius 1 is 1.38 bits per heavy atom. The van der Waals surface area contributed by atoms with E-state index < -0.39 is 0 Å². The molecule has 1 aromatic carbocycles. The lowest BCUT2D eigenvalue weighted by molar-refractivity contribution is 0.931. The van der Waals surface area contributed by atoms with Gasteiger partial charge < -0.3 is 0 Å². The summed E-state index contributed by atoms with van der Waals surface area (Å²) in [4.78, 5) is 13.7. The second kappa shape index (κ2) is 4.35. The molecule has 0 spiro atoms. The van der Waals surface area contributed by atoms with Crippen LogP contribution in [0.2, 0.25) is 0 Å². The van der Waals surface area contributed by atoms with Crippen molar-refractivity contribution < 1.29 is 0 Å². The van der Waals surface area contributed by atoms with Crippen LogP contribution in [0.15, 0.2) is 39.7 Å². The maximum Gasteiger partial charge on any atom is 0.251 e. The van der Waals surface area contributed by atoms with Crippen molar-refractivity contribution >= 4 is 28.1 Å². The van der Waals surface area contributed by atoms with Gasteiger partial charge in [0.15, 0.2) is 4.77 Å². The Hall–Kier alpha value is -1.20. The Kier molecular flexibility index (Phi) is 3.07. The second-order valence-electron chi connectivity index (χ2n) is 3.44. The van der Waals surface area contributed by atoms with Gasteiger partial charge in [-0.2, -0.15) is 0 Å². The van der Waals surface area contributed by atoms with Crippen molar-refractivity contribution in [3.8, 4) is 5.69 Å². The van der Waals surface area contributed by atoms with Gasteiger partial charge in [-0.15, -0.1) is 0 Å². The van der Waals surface area contributed by atoms with E-state index in [9.17, 15) is 4.79 Å². The first-order valence-electron chi connectivity index (χ1n) is 4.66. The fraction of sp³-hybridized carbons (Fsp3) is 0.0909. The van der Waals surface area contributed by atoms with Crippen molar-refractivity contribution in [2.45, 2.75) is 6.92 Å². The fourth-order valence-electron chi connectivity index (χ4n) is 1.41. The van der Waals surface area contributed by atoms with E-state index in [2.05, 4.69) is 20.9 Å². The number of benzene rings is 1. The van der Waals surface area contributed by atoms with E-state index >= 15 is 0 Å². The molecule has 16 heavy (non-hydrogen) atoms. The van der Waals surface area contributed by atoms with E-state index in [1.165, 1.54) is 6.07 Å². The molecule has 1 heterocycles. The van der Waals surface area contributed by atoms with Crippen LogP contribution in [0.4, 0.5) is 0 Å². The third kappa shape index (κ3) is 2.15. The lowest BCUT2D eigenvalue weighted by Crippen LogP contribution is -2.10. The molecule has 1 aromatic heterocycles. The van der Waals surface area contributed by atoms with Crippen molar-refractivity contribution in [3.05, 3.63) is 55.6 Å². The van der Waals surface area contributed by atoms with Crippen molar-refractivity contribution in [2.24, 2.45) is 0 Å². The molecule has 2 aromatic rings.